The van der Waals surface area contributed by atoms with E-state index in [2.05, 4.69) is 23.3 Å². The Morgan fingerprint density at radius 3 is 2.28 bits per heavy atom. The first kappa shape index (κ1) is 27.6. The van der Waals surface area contributed by atoms with Gasteiger partial charge in [0, 0.05) is 12.0 Å². The van der Waals surface area contributed by atoms with Crippen LogP contribution in [0.4, 0.5) is 0 Å². The van der Waals surface area contributed by atoms with Crippen molar-refractivity contribution >= 4 is 30.4 Å². The van der Waals surface area contributed by atoms with Crippen LogP contribution in [0.25, 0.3) is 11.1 Å². The summed E-state index contributed by atoms with van der Waals surface area (Å²) in [7, 11) is 1.64. The molecule has 3 rings (SSSR count). The predicted molar refractivity (Wildman–Crippen MR) is 143 cm³/mol. The number of para-hydroxylation sites is 1. The summed E-state index contributed by atoms with van der Waals surface area (Å²) in [5.41, 5.74) is 2.60. The van der Waals surface area contributed by atoms with E-state index in [1.54, 1.807) is 7.11 Å². The van der Waals surface area contributed by atoms with Crippen molar-refractivity contribution in [3.8, 4) is 16.9 Å². The Morgan fingerprint density at radius 2 is 1.72 bits per heavy atom. The van der Waals surface area contributed by atoms with Crippen LogP contribution in [-0.2, 0) is 20.8 Å². The molecule has 36 heavy (non-hydrogen) atoms. The van der Waals surface area contributed by atoms with Crippen LogP contribution in [0.3, 0.4) is 0 Å². The highest BCUT2D eigenvalue weighted by atomic mass is 32.1. The fourth-order valence-electron chi connectivity index (χ4n) is 4.70. The Balaban J connectivity index is 1.75. The van der Waals surface area contributed by atoms with Gasteiger partial charge in [-0.25, -0.2) is 4.79 Å². The molecule has 194 valence electrons. The van der Waals surface area contributed by atoms with Gasteiger partial charge in [0.25, 0.3) is 0 Å². The minimum Gasteiger partial charge on any atom is -0.496 e. The SMILES string of the molecule is COc1c(C)cccc1-c1ccc(CC(NC(=O)C2(NC(=O)[C@@H](S)C(C)C)CCCC2)C(=O)O)cc1. The monoisotopic (exact) mass is 512 g/mol. The van der Waals surface area contributed by atoms with Crippen LogP contribution in [0.1, 0.15) is 50.7 Å². The molecule has 2 atom stereocenters. The molecule has 0 radical (unpaired) electrons. The Morgan fingerprint density at radius 1 is 1.08 bits per heavy atom. The van der Waals surface area contributed by atoms with Crippen molar-refractivity contribution in [1.82, 2.24) is 10.6 Å². The summed E-state index contributed by atoms with van der Waals surface area (Å²) >= 11 is 4.37. The zero-order chi connectivity index (χ0) is 26.5. The maximum absolute atomic E-state index is 13.3. The maximum Gasteiger partial charge on any atom is 0.326 e. The average molecular weight is 513 g/mol. The number of aliphatic carboxylic acids is 1. The number of carboxylic acid groups (broad SMARTS) is 1. The number of carbonyl (C=O) groups excluding carboxylic acids is 2. The number of hydrogen-bond donors (Lipinski definition) is 4. The van der Waals surface area contributed by atoms with Gasteiger partial charge in [0.15, 0.2) is 0 Å². The molecule has 1 fully saturated rings. The number of rotatable bonds is 10. The first-order valence-electron chi connectivity index (χ1n) is 12.3. The standard InChI is InChI=1S/C28H36N2O5S/c1-17(2)24(36)25(31)30-28(14-5-6-15-28)27(34)29-22(26(32)33)16-19-10-12-20(13-11-19)21-9-7-8-18(3)23(21)35-4/h7-13,17,22,24,36H,5-6,14-16H2,1-4H3,(H,29,34)(H,30,31)(H,32,33)/t22?,24-/m0/s1. The van der Waals surface area contributed by atoms with Crippen LogP contribution < -0.4 is 15.4 Å². The Bertz CT molecular complexity index is 1090. The van der Waals surface area contributed by atoms with E-state index in [0.717, 1.165) is 40.8 Å². The van der Waals surface area contributed by atoms with Gasteiger partial charge in [-0.05, 0) is 42.4 Å². The maximum atomic E-state index is 13.3. The highest BCUT2D eigenvalue weighted by Crippen LogP contribution is 2.33. The van der Waals surface area contributed by atoms with E-state index in [1.165, 1.54) is 0 Å². The second kappa shape index (κ2) is 11.8. The van der Waals surface area contributed by atoms with Crippen LogP contribution in [0.5, 0.6) is 5.75 Å². The van der Waals surface area contributed by atoms with Crippen molar-refractivity contribution in [2.24, 2.45) is 5.92 Å². The third-order valence-electron chi connectivity index (χ3n) is 6.88. The summed E-state index contributed by atoms with van der Waals surface area (Å²) in [6.07, 6.45) is 2.64. The van der Waals surface area contributed by atoms with Gasteiger partial charge in [0.2, 0.25) is 11.8 Å². The highest BCUT2D eigenvalue weighted by molar-refractivity contribution is 7.81. The lowest BCUT2D eigenvalue weighted by atomic mass is 9.94. The van der Waals surface area contributed by atoms with Gasteiger partial charge < -0.3 is 20.5 Å². The molecule has 2 aromatic rings. The second-order valence-corrected chi connectivity index (χ2v) is 10.4. The normalized spacial score (nSPS) is 16.3. The number of aryl methyl sites for hydroxylation is 1. The Hall–Kier alpha value is -3.00. The number of amides is 2. The third kappa shape index (κ3) is 6.22. The van der Waals surface area contributed by atoms with Gasteiger partial charge in [-0.15, -0.1) is 0 Å². The van der Waals surface area contributed by atoms with E-state index >= 15 is 0 Å². The molecule has 3 N–H and O–H groups in total. The molecule has 0 bridgehead atoms. The summed E-state index contributed by atoms with van der Waals surface area (Å²) in [6, 6.07) is 12.4. The number of hydrogen-bond acceptors (Lipinski definition) is 5. The van der Waals surface area contributed by atoms with Crippen LogP contribution in [0.2, 0.25) is 0 Å². The molecule has 1 aliphatic carbocycles. The molecular weight excluding hydrogens is 476 g/mol. The van der Waals surface area contributed by atoms with Crippen LogP contribution in [0.15, 0.2) is 42.5 Å². The van der Waals surface area contributed by atoms with E-state index in [4.69, 9.17) is 4.74 Å². The summed E-state index contributed by atoms with van der Waals surface area (Å²) in [5, 5.41) is 14.9. The average Bonchev–Trinajstić information content (AvgIpc) is 3.32. The zero-order valence-electron chi connectivity index (χ0n) is 21.3. The first-order valence-corrected chi connectivity index (χ1v) is 12.9. The van der Waals surface area contributed by atoms with Crippen molar-refractivity contribution in [1.29, 1.82) is 0 Å². The molecule has 2 amide bonds. The van der Waals surface area contributed by atoms with Crippen molar-refractivity contribution < 1.29 is 24.2 Å². The zero-order valence-corrected chi connectivity index (χ0v) is 22.2. The topological polar surface area (TPSA) is 105 Å². The molecule has 1 aliphatic rings. The largest absolute Gasteiger partial charge is 0.496 e. The number of nitrogens with one attached hydrogen (secondary N) is 2. The van der Waals surface area contributed by atoms with Gasteiger partial charge in [-0.1, -0.05) is 69.2 Å². The summed E-state index contributed by atoms with van der Waals surface area (Å²) < 4.78 is 5.55. The van der Waals surface area contributed by atoms with Crippen molar-refractivity contribution in [2.45, 2.75) is 69.7 Å². The Labute approximate surface area is 218 Å². The van der Waals surface area contributed by atoms with E-state index in [0.29, 0.717) is 12.8 Å². The molecule has 1 unspecified atom stereocenters. The number of ether oxygens (including phenoxy) is 1. The fraction of sp³-hybridized carbons (Fsp3) is 0.464. The molecule has 0 heterocycles. The Kier molecular flexibility index (Phi) is 9.06. The van der Waals surface area contributed by atoms with E-state index in [9.17, 15) is 19.5 Å². The quantitative estimate of drug-likeness (QED) is 0.358. The minimum atomic E-state index is -1.12. The molecule has 0 saturated heterocycles. The number of carbonyl (C=O) groups is 3. The van der Waals surface area contributed by atoms with Gasteiger partial charge in [0.1, 0.15) is 17.3 Å². The molecule has 1 saturated carbocycles. The fourth-order valence-corrected chi connectivity index (χ4v) is 4.77. The van der Waals surface area contributed by atoms with Gasteiger partial charge in [-0.3, -0.25) is 9.59 Å². The molecule has 0 spiro atoms. The van der Waals surface area contributed by atoms with Crippen LogP contribution in [-0.4, -0.2) is 46.8 Å². The van der Waals surface area contributed by atoms with Crippen LogP contribution >= 0.6 is 12.6 Å². The molecule has 0 aliphatic heterocycles. The minimum absolute atomic E-state index is 0.00403. The van der Waals surface area contributed by atoms with E-state index < -0.39 is 28.7 Å². The van der Waals surface area contributed by atoms with Gasteiger partial charge in [0.05, 0.1) is 12.4 Å². The summed E-state index contributed by atoms with van der Waals surface area (Å²) in [5.74, 6) is -1.08. The van der Waals surface area contributed by atoms with Crippen molar-refractivity contribution in [3.63, 3.8) is 0 Å². The van der Waals surface area contributed by atoms with Crippen molar-refractivity contribution in [2.75, 3.05) is 7.11 Å². The first-order chi connectivity index (χ1) is 17.1. The van der Waals surface area contributed by atoms with Gasteiger partial charge in [-0.2, -0.15) is 12.6 Å². The highest BCUT2D eigenvalue weighted by Gasteiger charge is 2.44. The lowest BCUT2D eigenvalue weighted by molar-refractivity contribution is -0.143. The smallest absolute Gasteiger partial charge is 0.326 e. The lowest BCUT2D eigenvalue weighted by Crippen LogP contribution is -2.61. The number of benzene rings is 2. The number of methoxy groups -OCH3 is 1. The van der Waals surface area contributed by atoms with Crippen LogP contribution in [0, 0.1) is 12.8 Å². The molecular formula is C28H36N2O5S. The van der Waals surface area contributed by atoms with E-state index in [1.807, 2.05) is 63.2 Å². The lowest BCUT2D eigenvalue weighted by Gasteiger charge is -2.32. The molecule has 8 heteroatoms. The third-order valence-corrected chi connectivity index (χ3v) is 7.71. The summed E-state index contributed by atoms with van der Waals surface area (Å²) in [6.45, 7) is 5.76. The molecule has 7 nitrogen and oxygen atoms in total. The van der Waals surface area contributed by atoms with E-state index in [-0.39, 0.29) is 18.2 Å². The second-order valence-electron chi connectivity index (χ2n) is 9.89. The molecule has 0 aromatic heterocycles. The van der Waals surface area contributed by atoms with Gasteiger partial charge >= 0.3 is 5.97 Å². The number of carboxylic acids is 1. The predicted octanol–water partition coefficient (Wildman–Crippen LogP) is 4.17. The number of thiol groups is 1. The molecule has 2 aromatic carbocycles. The van der Waals surface area contributed by atoms with Crippen molar-refractivity contribution in [3.05, 3.63) is 53.6 Å². The summed E-state index contributed by atoms with van der Waals surface area (Å²) in [4.78, 5) is 38.1.